The summed E-state index contributed by atoms with van der Waals surface area (Å²) in [6.07, 6.45) is 7.33. The number of aliphatic hydroxyl groups excluding tert-OH is 1. The van der Waals surface area contributed by atoms with Crippen molar-refractivity contribution in [2.24, 2.45) is 22.7 Å². The Morgan fingerprint density at radius 1 is 1.37 bits per heavy atom. The number of phosphoric ester groups is 1. The van der Waals surface area contributed by atoms with Crippen LogP contribution in [0.5, 0.6) is 0 Å². The summed E-state index contributed by atoms with van der Waals surface area (Å²) >= 11 is 0. The molecule has 2 unspecified atom stereocenters. The number of carbonyl (C=O) groups is 1. The van der Waals surface area contributed by atoms with Gasteiger partial charge in [0.15, 0.2) is 0 Å². The topological polar surface area (TPSA) is 119 Å². The molecule has 3 aliphatic rings. The molecule has 0 amide bonds. The molecule has 5 atom stereocenters. The maximum atomic E-state index is 11.7. The molecule has 3 rings (SSSR count). The molecule has 156 valence electrons. The van der Waals surface area contributed by atoms with Gasteiger partial charge < -0.3 is 28.7 Å². The van der Waals surface area contributed by atoms with E-state index >= 15 is 0 Å². The second-order valence-corrected chi connectivity index (χ2v) is 9.78. The summed E-state index contributed by atoms with van der Waals surface area (Å²) < 4.78 is 20.6. The predicted molar refractivity (Wildman–Crippen MR) is 98.5 cm³/mol. The number of esters is 1. The molecule has 2 aliphatic carbocycles. The summed E-state index contributed by atoms with van der Waals surface area (Å²) in [5.41, 5.74) is 0.386. The van der Waals surface area contributed by atoms with Crippen LogP contribution in [0.2, 0.25) is 0 Å². The van der Waals surface area contributed by atoms with E-state index in [0.717, 1.165) is 18.4 Å². The Kier molecular flexibility index (Phi) is 10.4. The molecule has 1 aliphatic heterocycles. The molecule has 1 N–H and O–H groups in total. The van der Waals surface area contributed by atoms with Crippen LogP contribution in [-0.2, 0) is 18.6 Å². The maximum Gasteiger partial charge on any atom is 1.00 e. The first-order valence-corrected chi connectivity index (χ1v) is 11.0. The van der Waals surface area contributed by atoms with Gasteiger partial charge in [0.05, 0.1) is 26.1 Å². The van der Waals surface area contributed by atoms with Crippen molar-refractivity contribution in [3.63, 3.8) is 0 Å². The van der Waals surface area contributed by atoms with Gasteiger partial charge in [0.2, 0.25) is 0 Å². The average Bonchev–Trinajstić information content (AvgIpc) is 3.01. The van der Waals surface area contributed by atoms with Crippen molar-refractivity contribution in [2.75, 3.05) is 13.2 Å². The van der Waals surface area contributed by atoms with E-state index in [1.807, 2.05) is 6.08 Å². The first-order chi connectivity index (χ1) is 13.0. The van der Waals surface area contributed by atoms with Gasteiger partial charge in [0.1, 0.15) is 6.61 Å². The summed E-state index contributed by atoms with van der Waals surface area (Å²) in [6, 6.07) is 0. The normalized spacial score (nSPS) is 36.4. The Hall–Kier alpha value is 0.760. The van der Waals surface area contributed by atoms with E-state index in [2.05, 4.69) is 18.0 Å². The monoisotopic (exact) mass is 456 g/mol. The third-order valence-corrected chi connectivity index (χ3v) is 7.41. The molecule has 2 fully saturated rings. The van der Waals surface area contributed by atoms with Crippen LogP contribution < -0.4 is 68.9 Å². The van der Waals surface area contributed by atoms with Gasteiger partial charge in [-0.3, -0.25) is 0 Å². The van der Waals surface area contributed by atoms with Crippen molar-refractivity contribution in [3.8, 4) is 0 Å². The standard InChI is InChI=1S/C20H29O7P.2Na/c1-13-4-7-16-19(2,15(13)6-5-14-9-11-26-18(14)22)10-8-17(21)20(16,3)12-27-28(23,24)25;;/h5-6,9,15-17,21H,1,4,7-8,10-12H2,2-3H3,(H2,23,24,25);;/q;2*+1/p-2/b6-5+;;/t15?,16?,17-,19-,20+;;/m0../s1. The number of phosphoric acid groups is 1. The summed E-state index contributed by atoms with van der Waals surface area (Å²) in [5.74, 6) is -0.461. The van der Waals surface area contributed by atoms with Crippen LogP contribution in [0.4, 0.5) is 0 Å². The molecule has 0 aromatic rings. The summed E-state index contributed by atoms with van der Waals surface area (Å²) in [5, 5.41) is 10.7. The first-order valence-electron chi connectivity index (χ1n) is 9.55. The van der Waals surface area contributed by atoms with Crippen molar-refractivity contribution >= 4 is 13.8 Å². The van der Waals surface area contributed by atoms with E-state index in [1.54, 1.807) is 19.1 Å². The Morgan fingerprint density at radius 2 is 2.03 bits per heavy atom. The minimum Gasteiger partial charge on any atom is -0.790 e. The van der Waals surface area contributed by atoms with Crippen molar-refractivity contribution in [2.45, 2.75) is 45.6 Å². The minimum absolute atomic E-state index is 0. The zero-order chi connectivity index (χ0) is 20.7. The maximum absolute atomic E-state index is 11.7. The molecule has 1 heterocycles. The Morgan fingerprint density at radius 3 is 2.60 bits per heavy atom. The van der Waals surface area contributed by atoms with Gasteiger partial charge in [0, 0.05) is 11.3 Å². The molecule has 30 heavy (non-hydrogen) atoms. The number of allylic oxidation sites excluding steroid dienone is 2. The fraction of sp³-hybridized carbons (Fsp3) is 0.650. The van der Waals surface area contributed by atoms with Gasteiger partial charge in [-0.05, 0) is 43.1 Å². The number of rotatable bonds is 5. The van der Waals surface area contributed by atoms with E-state index in [0.29, 0.717) is 18.4 Å². The fourth-order valence-electron chi connectivity index (χ4n) is 5.40. The second-order valence-electron chi connectivity index (χ2n) is 8.63. The van der Waals surface area contributed by atoms with Crippen LogP contribution in [0.25, 0.3) is 0 Å². The summed E-state index contributed by atoms with van der Waals surface area (Å²) in [4.78, 5) is 33.8. The van der Waals surface area contributed by atoms with Crippen LogP contribution in [0, 0.1) is 22.7 Å². The van der Waals surface area contributed by atoms with Gasteiger partial charge in [-0.15, -0.1) is 0 Å². The Bertz CT molecular complexity index is 777. The number of ether oxygens (including phenoxy) is 1. The zero-order valence-electron chi connectivity index (χ0n) is 18.3. The van der Waals surface area contributed by atoms with Gasteiger partial charge in [-0.25, -0.2) is 4.79 Å². The van der Waals surface area contributed by atoms with Crippen molar-refractivity contribution < 1.29 is 92.6 Å². The van der Waals surface area contributed by atoms with E-state index in [1.165, 1.54) is 0 Å². The van der Waals surface area contributed by atoms with Gasteiger partial charge in [0.25, 0.3) is 0 Å². The number of hydrogen-bond acceptors (Lipinski definition) is 7. The zero-order valence-corrected chi connectivity index (χ0v) is 23.2. The van der Waals surface area contributed by atoms with Crippen LogP contribution in [-0.4, -0.2) is 30.4 Å². The molecule has 0 aromatic heterocycles. The molecule has 0 spiro atoms. The predicted octanol–water partition coefficient (Wildman–Crippen LogP) is -4.37. The molecule has 7 nitrogen and oxygen atoms in total. The van der Waals surface area contributed by atoms with E-state index < -0.39 is 19.3 Å². The third kappa shape index (κ3) is 5.81. The molecule has 10 heteroatoms. The molecule has 2 saturated carbocycles. The molecular formula is C20H27Na2O7P. The number of hydrogen-bond donors (Lipinski definition) is 1. The van der Waals surface area contributed by atoms with E-state index in [4.69, 9.17) is 4.74 Å². The first kappa shape index (κ1) is 28.8. The summed E-state index contributed by atoms with van der Waals surface area (Å²) in [7, 11) is -5.13. The number of fused-ring (bicyclic) bond motifs is 1. The summed E-state index contributed by atoms with van der Waals surface area (Å²) in [6.45, 7) is 8.06. The van der Waals surface area contributed by atoms with Crippen molar-refractivity contribution in [1.29, 1.82) is 0 Å². The molecular weight excluding hydrogens is 429 g/mol. The van der Waals surface area contributed by atoms with Crippen LogP contribution in [0.3, 0.4) is 0 Å². The van der Waals surface area contributed by atoms with Gasteiger partial charge in [-0.2, -0.15) is 0 Å². The van der Waals surface area contributed by atoms with Crippen LogP contribution in [0.1, 0.15) is 39.5 Å². The number of aliphatic hydroxyl groups is 1. The average molecular weight is 456 g/mol. The van der Waals surface area contributed by atoms with Crippen LogP contribution >= 0.6 is 7.82 Å². The van der Waals surface area contributed by atoms with E-state index in [9.17, 15) is 24.3 Å². The molecule has 0 radical (unpaired) electrons. The second kappa shape index (κ2) is 10.8. The van der Waals surface area contributed by atoms with Crippen molar-refractivity contribution in [3.05, 3.63) is 36.0 Å². The molecule has 0 bridgehead atoms. The quantitative estimate of drug-likeness (QED) is 0.192. The molecule has 0 saturated heterocycles. The molecule has 0 aromatic carbocycles. The number of cyclic esters (lactones) is 1. The Balaban J connectivity index is 0.00000225. The van der Waals surface area contributed by atoms with Crippen LogP contribution in [0.15, 0.2) is 36.0 Å². The number of carbonyl (C=O) groups excluding carboxylic acids is 1. The fourth-order valence-corrected chi connectivity index (χ4v) is 5.84. The SMILES string of the molecule is C=C1CCC2[C@@](C)(CC[C@H](O)[C@]2(C)COP(=O)([O-])[O-])C1/C=C/C1=CCOC1=O.[Na+].[Na+]. The smallest absolute Gasteiger partial charge is 0.790 e. The largest absolute Gasteiger partial charge is 1.00 e. The minimum atomic E-state index is -5.13. The third-order valence-electron chi connectivity index (χ3n) is 6.97. The van der Waals surface area contributed by atoms with Gasteiger partial charge in [-0.1, -0.05) is 38.2 Å². The van der Waals surface area contributed by atoms with Crippen molar-refractivity contribution in [1.82, 2.24) is 0 Å². The Labute approximate surface area is 222 Å². The van der Waals surface area contributed by atoms with E-state index in [-0.39, 0.29) is 95.5 Å². The van der Waals surface area contributed by atoms with Gasteiger partial charge >= 0.3 is 65.1 Å².